The van der Waals surface area contributed by atoms with Gasteiger partial charge in [-0.1, -0.05) is 36.4 Å². The standard InChI is InChI=1S/C16H13BO4/c18-15-4-2-1-3-13(15)16(19)8-6-11-5-7-12-10-21-17(20)14(12)9-11/h1-9,18,20H,10H2/b8-6+. The average Bonchev–Trinajstić information content (AvgIpc) is 2.86. The number of hydrogen-bond acceptors (Lipinski definition) is 4. The van der Waals surface area contributed by atoms with Gasteiger partial charge in [0.2, 0.25) is 0 Å². The fourth-order valence-electron chi connectivity index (χ4n) is 2.28. The van der Waals surface area contributed by atoms with Crippen LogP contribution < -0.4 is 5.46 Å². The summed E-state index contributed by atoms with van der Waals surface area (Å²) >= 11 is 0. The SMILES string of the molecule is O=C(/C=C/c1ccc2c(c1)B(O)OC2)c1ccccc1O. The fraction of sp³-hybridized carbons (Fsp3) is 0.0625. The van der Waals surface area contributed by atoms with Gasteiger partial charge in [0, 0.05) is 0 Å². The Kier molecular flexibility index (Phi) is 3.60. The number of rotatable bonds is 3. The zero-order chi connectivity index (χ0) is 14.8. The summed E-state index contributed by atoms with van der Waals surface area (Å²) in [6.45, 7) is 0.400. The van der Waals surface area contributed by atoms with Gasteiger partial charge < -0.3 is 14.8 Å². The van der Waals surface area contributed by atoms with E-state index in [2.05, 4.69) is 0 Å². The van der Waals surface area contributed by atoms with Crippen LogP contribution in [0.25, 0.3) is 6.08 Å². The van der Waals surface area contributed by atoms with E-state index in [0.717, 1.165) is 16.6 Å². The normalized spacial score (nSPS) is 13.7. The van der Waals surface area contributed by atoms with Crippen LogP contribution in [0.2, 0.25) is 0 Å². The van der Waals surface area contributed by atoms with Gasteiger partial charge in [-0.15, -0.1) is 0 Å². The molecule has 0 fully saturated rings. The molecule has 3 rings (SSSR count). The number of benzene rings is 2. The van der Waals surface area contributed by atoms with Crippen molar-refractivity contribution in [2.45, 2.75) is 6.61 Å². The van der Waals surface area contributed by atoms with E-state index in [-0.39, 0.29) is 17.1 Å². The Morgan fingerprint density at radius 1 is 1.24 bits per heavy atom. The molecule has 0 unspecified atom stereocenters. The molecule has 0 saturated carbocycles. The smallest absolute Gasteiger partial charge is 0.491 e. The zero-order valence-electron chi connectivity index (χ0n) is 11.2. The molecular weight excluding hydrogens is 267 g/mol. The third kappa shape index (κ3) is 2.74. The van der Waals surface area contributed by atoms with Crippen LogP contribution in [0.4, 0.5) is 0 Å². The van der Waals surface area contributed by atoms with Gasteiger partial charge in [-0.05, 0) is 34.8 Å². The van der Waals surface area contributed by atoms with E-state index in [1.807, 2.05) is 12.1 Å². The van der Waals surface area contributed by atoms with Crippen LogP contribution in [-0.2, 0) is 11.3 Å². The van der Waals surface area contributed by atoms with Crippen molar-refractivity contribution in [3.05, 3.63) is 65.2 Å². The molecule has 0 amide bonds. The number of fused-ring (bicyclic) bond motifs is 1. The third-order valence-corrected chi connectivity index (χ3v) is 3.43. The maximum Gasteiger partial charge on any atom is 0.491 e. The van der Waals surface area contributed by atoms with Gasteiger partial charge in [-0.25, -0.2) is 0 Å². The second-order valence-corrected chi connectivity index (χ2v) is 4.84. The molecule has 0 spiro atoms. The molecule has 2 N–H and O–H groups in total. The summed E-state index contributed by atoms with van der Waals surface area (Å²) in [5.74, 6) is -0.310. The summed E-state index contributed by atoms with van der Waals surface area (Å²) in [5, 5.41) is 19.3. The van der Waals surface area contributed by atoms with Gasteiger partial charge in [0.1, 0.15) is 5.75 Å². The molecule has 1 aliphatic rings. The zero-order valence-corrected chi connectivity index (χ0v) is 11.2. The molecule has 0 bridgehead atoms. The molecule has 21 heavy (non-hydrogen) atoms. The summed E-state index contributed by atoms with van der Waals surface area (Å²) < 4.78 is 5.12. The Morgan fingerprint density at radius 2 is 2.05 bits per heavy atom. The number of allylic oxidation sites excluding steroid dienone is 1. The van der Waals surface area contributed by atoms with Gasteiger partial charge in [0.25, 0.3) is 0 Å². The molecular formula is C16H13BO4. The highest BCUT2D eigenvalue weighted by atomic mass is 16.5. The predicted molar refractivity (Wildman–Crippen MR) is 80.3 cm³/mol. The Labute approximate surface area is 122 Å². The minimum atomic E-state index is -0.901. The highest BCUT2D eigenvalue weighted by molar-refractivity contribution is 6.61. The summed E-state index contributed by atoms with van der Waals surface area (Å²) in [5.41, 5.74) is 2.74. The number of carbonyl (C=O) groups is 1. The maximum atomic E-state index is 12.0. The lowest BCUT2D eigenvalue weighted by Gasteiger charge is -2.01. The average molecular weight is 280 g/mol. The molecule has 2 aromatic carbocycles. The number of carbonyl (C=O) groups excluding carboxylic acids is 1. The van der Waals surface area contributed by atoms with Crippen LogP contribution >= 0.6 is 0 Å². The lowest BCUT2D eigenvalue weighted by molar-refractivity contribution is 0.104. The first-order valence-electron chi connectivity index (χ1n) is 6.58. The second-order valence-electron chi connectivity index (χ2n) is 4.84. The van der Waals surface area contributed by atoms with Crippen molar-refractivity contribution in [1.29, 1.82) is 0 Å². The number of ketones is 1. The predicted octanol–water partition coefficient (Wildman–Crippen LogP) is 1.51. The van der Waals surface area contributed by atoms with Crippen LogP contribution in [-0.4, -0.2) is 23.0 Å². The van der Waals surface area contributed by atoms with Gasteiger partial charge in [-0.2, -0.15) is 0 Å². The van der Waals surface area contributed by atoms with Crippen molar-refractivity contribution in [2.75, 3.05) is 0 Å². The summed E-state index contributed by atoms with van der Waals surface area (Å²) in [7, 11) is -0.901. The van der Waals surface area contributed by atoms with E-state index >= 15 is 0 Å². The molecule has 1 aliphatic heterocycles. The Hall–Kier alpha value is -2.37. The molecule has 0 aromatic heterocycles. The first-order valence-corrected chi connectivity index (χ1v) is 6.58. The maximum absolute atomic E-state index is 12.0. The fourth-order valence-corrected chi connectivity index (χ4v) is 2.28. The third-order valence-electron chi connectivity index (χ3n) is 3.43. The van der Waals surface area contributed by atoms with Crippen LogP contribution in [0.1, 0.15) is 21.5 Å². The minimum Gasteiger partial charge on any atom is -0.507 e. The number of aromatic hydroxyl groups is 1. The van der Waals surface area contributed by atoms with Crippen LogP contribution in [0.5, 0.6) is 5.75 Å². The number of phenolic OH excluding ortho intramolecular Hbond substituents is 1. The van der Waals surface area contributed by atoms with Crippen molar-refractivity contribution in [2.24, 2.45) is 0 Å². The van der Waals surface area contributed by atoms with E-state index in [0.29, 0.717) is 6.61 Å². The first-order chi connectivity index (χ1) is 10.1. The molecule has 0 saturated heterocycles. The van der Waals surface area contributed by atoms with Crippen LogP contribution in [0, 0.1) is 0 Å². The molecule has 5 heteroatoms. The monoisotopic (exact) mass is 280 g/mol. The van der Waals surface area contributed by atoms with Crippen molar-refractivity contribution >= 4 is 24.4 Å². The van der Waals surface area contributed by atoms with E-state index in [1.165, 1.54) is 12.1 Å². The molecule has 0 aliphatic carbocycles. The lowest BCUT2D eigenvalue weighted by Crippen LogP contribution is -2.28. The van der Waals surface area contributed by atoms with E-state index in [1.54, 1.807) is 30.3 Å². The Morgan fingerprint density at radius 3 is 2.86 bits per heavy atom. The number of phenols is 1. The van der Waals surface area contributed by atoms with Crippen molar-refractivity contribution < 1.29 is 19.6 Å². The Bertz CT molecular complexity index is 724. The quantitative estimate of drug-likeness (QED) is 0.508. The molecule has 4 nitrogen and oxygen atoms in total. The molecule has 0 radical (unpaired) electrons. The second kappa shape index (κ2) is 5.56. The first kappa shape index (κ1) is 13.6. The van der Waals surface area contributed by atoms with E-state index in [9.17, 15) is 14.9 Å². The highest BCUT2D eigenvalue weighted by Gasteiger charge is 2.26. The van der Waals surface area contributed by atoms with Crippen LogP contribution in [0.15, 0.2) is 48.5 Å². The van der Waals surface area contributed by atoms with Gasteiger partial charge in [-0.3, -0.25) is 4.79 Å². The van der Waals surface area contributed by atoms with E-state index in [4.69, 9.17) is 4.65 Å². The van der Waals surface area contributed by atoms with E-state index < -0.39 is 7.12 Å². The largest absolute Gasteiger partial charge is 0.507 e. The summed E-state index contributed by atoms with van der Waals surface area (Å²) in [4.78, 5) is 12.0. The summed E-state index contributed by atoms with van der Waals surface area (Å²) in [6, 6.07) is 11.9. The molecule has 2 aromatic rings. The lowest BCUT2D eigenvalue weighted by atomic mass is 9.79. The highest BCUT2D eigenvalue weighted by Crippen LogP contribution is 2.17. The van der Waals surface area contributed by atoms with Gasteiger partial charge >= 0.3 is 7.12 Å². The molecule has 0 atom stereocenters. The summed E-state index contributed by atoms with van der Waals surface area (Å²) in [6.07, 6.45) is 3.05. The Balaban J connectivity index is 1.82. The molecule has 1 heterocycles. The van der Waals surface area contributed by atoms with Crippen molar-refractivity contribution in [3.8, 4) is 5.75 Å². The van der Waals surface area contributed by atoms with Crippen LogP contribution in [0.3, 0.4) is 0 Å². The van der Waals surface area contributed by atoms with Crippen molar-refractivity contribution in [3.63, 3.8) is 0 Å². The van der Waals surface area contributed by atoms with Crippen molar-refractivity contribution in [1.82, 2.24) is 0 Å². The number of hydrogen-bond donors (Lipinski definition) is 2. The topological polar surface area (TPSA) is 66.8 Å². The van der Waals surface area contributed by atoms with Gasteiger partial charge in [0.15, 0.2) is 5.78 Å². The number of para-hydroxylation sites is 1. The molecule has 104 valence electrons. The van der Waals surface area contributed by atoms with Gasteiger partial charge in [0.05, 0.1) is 12.2 Å². The minimum absolute atomic E-state index is 0.0371.